The topological polar surface area (TPSA) is 32.7 Å². The van der Waals surface area contributed by atoms with E-state index in [1.807, 2.05) is 20.8 Å². The molecule has 0 amide bonds. The largest absolute Gasteiger partial charge is 0.290 e. The third-order valence-electron chi connectivity index (χ3n) is 0.406. The van der Waals surface area contributed by atoms with Crippen molar-refractivity contribution in [3.8, 4) is 0 Å². The Kier molecular flexibility index (Phi) is 2.40. The van der Waals surface area contributed by atoms with Crippen molar-refractivity contribution in [2.24, 2.45) is 0 Å². The van der Waals surface area contributed by atoms with Crippen LogP contribution in [0, 0.1) is 0 Å². The molecule has 0 heterocycles. The number of hydroxylamine groups is 2. The lowest BCUT2D eigenvalue weighted by atomic mass is 10.2. The zero-order chi connectivity index (χ0) is 6.78. The van der Waals surface area contributed by atoms with Gasteiger partial charge in [0.15, 0.2) is 0 Å². The second kappa shape index (κ2) is 2.44. The minimum Gasteiger partial charge on any atom is -0.290 e. The molecule has 0 saturated carbocycles. The summed E-state index contributed by atoms with van der Waals surface area (Å²) < 4.78 is 0. The molecule has 3 heteroatoms. The van der Waals surface area contributed by atoms with Crippen molar-refractivity contribution in [3.63, 3.8) is 0 Å². The van der Waals surface area contributed by atoms with E-state index >= 15 is 0 Å². The molecule has 0 aliphatic heterocycles. The Hall–Kier alpha value is -0.120. The van der Waals surface area contributed by atoms with E-state index in [1.165, 1.54) is 7.05 Å². The van der Waals surface area contributed by atoms with Crippen LogP contribution in [0.2, 0.25) is 0 Å². The minimum atomic E-state index is -0.302. The number of nitrogens with zero attached hydrogens (tertiary/aromatic N) is 1. The third kappa shape index (κ3) is 5.88. The van der Waals surface area contributed by atoms with Crippen molar-refractivity contribution in [3.05, 3.63) is 0 Å². The van der Waals surface area contributed by atoms with E-state index in [9.17, 15) is 0 Å². The van der Waals surface area contributed by atoms with Crippen LogP contribution in [-0.4, -0.2) is 23.1 Å². The Balaban J connectivity index is 3.39. The first-order valence-corrected chi connectivity index (χ1v) is 2.53. The summed E-state index contributed by atoms with van der Waals surface area (Å²) in [5.74, 6) is 0. The molecule has 0 fully saturated rings. The molecule has 0 aromatic carbocycles. The Morgan fingerprint density at radius 3 is 1.75 bits per heavy atom. The van der Waals surface area contributed by atoms with E-state index in [2.05, 4.69) is 0 Å². The number of hydrogen-bond donors (Lipinski definition) is 1. The molecule has 0 bridgehead atoms. The van der Waals surface area contributed by atoms with E-state index < -0.39 is 0 Å². The van der Waals surface area contributed by atoms with Crippen LogP contribution >= 0.6 is 0 Å². The van der Waals surface area contributed by atoms with Crippen LogP contribution in [0.1, 0.15) is 20.8 Å². The normalized spacial score (nSPS) is 12.8. The van der Waals surface area contributed by atoms with Gasteiger partial charge in [0.2, 0.25) is 0 Å². The van der Waals surface area contributed by atoms with Gasteiger partial charge in [-0.3, -0.25) is 10.0 Å². The molecule has 50 valence electrons. The summed E-state index contributed by atoms with van der Waals surface area (Å²) >= 11 is 0. The highest BCUT2D eigenvalue weighted by Crippen LogP contribution is 2.06. The summed E-state index contributed by atoms with van der Waals surface area (Å²) in [6.45, 7) is 5.58. The molecule has 0 spiro atoms. The van der Waals surface area contributed by atoms with Crippen molar-refractivity contribution >= 4 is 0 Å². The molecule has 0 rings (SSSR count). The molecule has 0 radical (unpaired) electrons. The van der Waals surface area contributed by atoms with Crippen molar-refractivity contribution in [1.29, 1.82) is 0 Å². The predicted molar refractivity (Wildman–Crippen MR) is 30.4 cm³/mol. The van der Waals surface area contributed by atoms with Crippen LogP contribution in [0.3, 0.4) is 0 Å². The summed E-state index contributed by atoms with van der Waals surface area (Å²) in [6, 6.07) is 0. The first-order chi connectivity index (χ1) is 3.42. The average Bonchev–Trinajstić information content (AvgIpc) is 1.21. The maximum atomic E-state index is 8.50. The van der Waals surface area contributed by atoms with E-state index in [0.29, 0.717) is 5.23 Å². The van der Waals surface area contributed by atoms with Crippen LogP contribution in [0.4, 0.5) is 0 Å². The Bertz CT molecular complexity index is 65.3. The summed E-state index contributed by atoms with van der Waals surface area (Å²) in [7, 11) is 1.44. The van der Waals surface area contributed by atoms with Crippen molar-refractivity contribution in [2.45, 2.75) is 26.4 Å². The highest BCUT2D eigenvalue weighted by atomic mass is 16.9. The second-order valence-electron chi connectivity index (χ2n) is 2.67. The standard InChI is InChI=1S/C5H13NO2/c1-5(2,3)8-6(4)7/h7H,1-4H3. The second-order valence-corrected chi connectivity index (χ2v) is 2.67. The van der Waals surface area contributed by atoms with Gasteiger partial charge in [0.05, 0.1) is 5.60 Å². The van der Waals surface area contributed by atoms with Gasteiger partial charge in [-0.15, -0.1) is 0 Å². The van der Waals surface area contributed by atoms with Gasteiger partial charge < -0.3 is 0 Å². The molecule has 0 saturated heterocycles. The third-order valence-corrected chi connectivity index (χ3v) is 0.406. The summed E-state index contributed by atoms with van der Waals surface area (Å²) in [4.78, 5) is 4.83. The van der Waals surface area contributed by atoms with Gasteiger partial charge in [-0.2, -0.15) is 0 Å². The van der Waals surface area contributed by atoms with Gasteiger partial charge in [-0.1, -0.05) is 5.23 Å². The molecular formula is C5H13NO2. The predicted octanol–water partition coefficient (Wildman–Crippen LogP) is 1.04. The lowest BCUT2D eigenvalue weighted by molar-refractivity contribution is -0.363. The van der Waals surface area contributed by atoms with Crippen LogP contribution in [0.25, 0.3) is 0 Å². The number of hydrogen-bond acceptors (Lipinski definition) is 3. The maximum Gasteiger partial charge on any atom is 0.0842 e. The molecule has 3 nitrogen and oxygen atoms in total. The molecule has 0 unspecified atom stereocenters. The van der Waals surface area contributed by atoms with Crippen molar-refractivity contribution in [1.82, 2.24) is 5.23 Å². The number of rotatable bonds is 1. The zero-order valence-corrected chi connectivity index (χ0v) is 5.80. The van der Waals surface area contributed by atoms with E-state index in [4.69, 9.17) is 10.0 Å². The Labute approximate surface area is 49.8 Å². The molecule has 1 N–H and O–H groups in total. The molecule has 0 aromatic rings. The van der Waals surface area contributed by atoms with Gasteiger partial charge in [0, 0.05) is 7.05 Å². The fourth-order valence-corrected chi connectivity index (χ4v) is 0.396. The lowest BCUT2D eigenvalue weighted by Gasteiger charge is -2.21. The summed E-state index contributed by atoms with van der Waals surface area (Å²) in [5.41, 5.74) is -0.302. The first kappa shape index (κ1) is 7.88. The quantitative estimate of drug-likeness (QED) is 0.523. The van der Waals surface area contributed by atoms with E-state index in [1.54, 1.807) is 0 Å². The zero-order valence-electron chi connectivity index (χ0n) is 5.80. The first-order valence-electron chi connectivity index (χ1n) is 2.53. The van der Waals surface area contributed by atoms with Crippen molar-refractivity contribution < 1.29 is 10.0 Å². The summed E-state index contributed by atoms with van der Waals surface area (Å²) in [5, 5.41) is 9.21. The van der Waals surface area contributed by atoms with Gasteiger partial charge in [-0.25, -0.2) is 0 Å². The van der Waals surface area contributed by atoms with Crippen molar-refractivity contribution in [2.75, 3.05) is 7.05 Å². The average molecular weight is 119 g/mol. The minimum absolute atomic E-state index is 0.302. The summed E-state index contributed by atoms with van der Waals surface area (Å²) in [6.07, 6.45) is 0. The fourth-order valence-electron chi connectivity index (χ4n) is 0.396. The fraction of sp³-hybridized carbons (Fsp3) is 1.00. The van der Waals surface area contributed by atoms with Gasteiger partial charge in [0.1, 0.15) is 0 Å². The molecule has 0 aliphatic carbocycles. The Morgan fingerprint density at radius 2 is 1.75 bits per heavy atom. The highest BCUT2D eigenvalue weighted by molar-refractivity contribution is 4.55. The molecule has 0 atom stereocenters. The Morgan fingerprint density at radius 1 is 1.38 bits per heavy atom. The monoisotopic (exact) mass is 119 g/mol. The van der Waals surface area contributed by atoms with Crippen LogP contribution < -0.4 is 0 Å². The van der Waals surface area contributed by atoms with Gasteiger partial charge >= 0.3 is 0 Å². The molecule has 8 heavy (non-hydrogen) atoms. The highest BCUT2D eigenvalue weighted by Gasteiger charge is 2.11. The van der Waals surface area contributed by atoms with E-state index in [-0.39, 0.29) is 5.60 Å². The van der Waals surface area contributed by atoms with Crippen LogP contribution in [0.15, 0.2) is 0 Å². The SMILES string of the molecule is CN(O)OC(C)(C)C. The lowest BCUT2D eigenvalue weighted by Crippen LogP contribution is -2.28. The molecule has 0 aromatic heterocycles. The van der Waals surface area contributed by atoms with Gasteiger partial charge in [-0.05, 0) is 20.8 Å². The molecular weight excluding hydrogens is 106 g/mol. The maximum absolute atomic E-state index is 8.50. The van der Waals surface area contributed by atoms with Crippen LogP contribution in [0.5, 0.6) is 0 Å². The molecule has 0 aliphatic rings. The smallest absolute Gasteiger partial charge is 0.0842 e. The van der Waals surface area contributed by atoms with Crippen LogP contribution in [-0.2, 0) is 4.84 Å². The van der Waals surface area contributed by atoms with Gasteiger partial charge in [0.25, 0.3) is 0 Å². The van der Waals surface area contributed by atoms with E-state index in [0.717, 1.165) is 0 Å².